The fourth-order valence-corrected chi connectivity index (χ4v) is 2.40. The summed E-state index contributed by atoms with van der Waals surface area (Å²) in [5.41, 5.74) is 9.06. The molecular weight excluding hydrogens is 330 g/mol. The van der Waals surface area contributed by atoms with Gasteiger partial charge in [0.05, 0.1) is 24.5 Å². The third-order valence-electron chi connectivity index (χ3n) is 3.91. The highest BCUT2D eigenvalue weighted by Gasteiger charge is 2.11. The fourth-order valence-electron chi connectivity index (χ4n) is 2.40. The minimum atomic E-state index is -0.244. The number of methoxy groups -OCH3 is 1. The first-order chi connectivity index (χ1) is 12.6. The summed E-state index contributed by atoms with van der Waals surface area (Å²) in [5.74, 6) is -0.0393. The van der Waals surface area contributed by atoms with Crippen molar-refractivity contribution in [1.82, 2.24) is 10.3 Å². The Labute approximate surface area is 154 Å². The van der Waals surface area contributed by atoms with Gasteiger partial charge in [-0.2, -0.15) is 0 Å². The van der Waals surface area contributed by atoms with Crippen LogP contribution < -0.4 is 11.1 Å². The lowest BCUT2D eigenvalue weighted by molar-refractivity contribution is 0.0951. The van der Waals surface area contributed by atoms with Crippen molar-refractivity contribution in [2.45, 2.75) is 39.5 Å². The molecule has 1 heterocycles. The number of unbranched alkanes of at least 4 members (excludes halogenated alkanes) is 1. The lowest BCUT2D eigenvalue weighted by atomic mass is 10.1. The number of anilines is 1. The van der Waals surface area contributed by atoms with Gasteiger partial charge in [-0.05, 0) is 29.7 Å². The molecule has 0 unspecified atom stereocenters. The number of rotatable bonds is 10. The molecule has 0 saturated heterocycles. The fraction of sp³-hybridized carbons (Fsp3) is 0.400. The number of hydrogen-bond acceptors (Lipinski definition) is 5. The number of pyridine rings is 1. The Hall–Kier alpha value is -2.44. The molecule has 0 saturated carbocycles. The molecule has 1 aromatic heterocycles. The number of benzene rings is 1. The molecule has 0 spiro atoms. The predicted octanol–water partition coefficient (Wildman–Crippen LogP) is 3.06. The third-order valence-corrected chi connectivity index (χ3v) is 3.91. The first kappa shape index (κ1) is 19.9. The number of nitrogens with zero attached hydrogens (tertiary/aromatic N) is 1. The number of hydrogen-bond donors (Lipinski definition) is 2. The normalized spacial score (nSPS) is 10.7. The molecule has 0 atom stereocenters. The summed E-state index contributed by atoms with van der Waals surface area (Å²) in [5, 5.41) is 2.87. The van der Waals surface area contributed by atoms with E-state index in [0.29, 0.717) is 31.0 Å². The van der Waals surface area contributed by atoms with Crippen LogP contribution in [0.1, 0.15) is 46.9 Å². The van der Waals surface area contributed by atoms with Crippen LogP contribution in [0.3, 0.4) is 0 Å². The maximum absolute atomic E-state index is 12.3. The van der Waals surface area contributed by atoms with Gasteiger partial charge in [-0.15, -0.1) is 0 Å². The molecule has 6 heteroatoms. The van der Waals surface area contributed by atoms with Crippen LogP contribution in [0.4, 0.5) is 5.82 Å². The molecule has 0 aliphatic rings. The molecule has 1 amide bonds. The first-order valence-electron chi connectivity index (χ1n) is 8.82. The highest BCUT2D eigenvalue weighted by molar-refractivity contribution is 5.98. The molecule has 0 bridgehead atoms. The van der Waals surface area contributed by atoms with Crippen LogP contribution in [-0.4, -0.2) is 24.6 Å². The third kappa shape index (κ3) is 6.13. The number of carbonyl (C=O) groups is 1. The van der Waals surface area contributed by atoms with Crippen molar-refractivity contribution in [2.24, 2.45) is 0 Å². The van der Waals surface area contributed by atoms with Crippen molar-refractivity contribution in [3.63, 3.8) is 0 Å². The SMILES string of the molecule is CCCCOCc1ccc(CNC(=O)c2ccc(COC)nc2N)cc1. The Morgan fingerprint density at radius 1 is 1.12 bits per heavy atom. The number of carbonyl (C=O) groups excluding carboxylic acids is 1. The molecule has 2 rings (SSSR count). The predicted molar refractivity (Wildman–Crippen MR) is 102 cm³/mol. The lowest BCUT2D eigenvalue weighted by Crippen LogP contribution is -2.24. The van der Waals surface area contributed by atoms with E-state index < -0.39 is 0 Å². The lowest BCUT2D eigenvalue weighted by Gasteiger charge is -2.09. The highest BCUT2D eigenvalue weighted by Crippen LogP contribution is 2.11. The van der Waals surface area contributed by atoms with Crippen LogP contribution in [0.2, 0.25) is 0 Å². The van der Waals surface area contributed by atoms with Crippen LogP contribution >= 0.6 is 0 Å². The van der Waals surface area contributed by atoms with E-state index in [-0.39, 0.29) is 11.7 Å². The van der Waals surface area contributed by atoms with Gasteiger partial charge < -0.3 is 20.5 Å². The zero-order valence-electron chi connectivity index (χ0n) is 15.5. The van der Waals surface area contributed by atoms with Gasteiger partial charge in [0, 0.05) is 20.3 Å². The van der Waals surface area contributed by atoms with E-state index in [0.717, 1.165) is 30.6 Å². The van der Waals surface area contributed by atoms with Gasteiger partial charge in [-0.1, -0.05) is 37.6 Å². The molecule has 0 fully saturated rings. The van der Waals surface area contributed by atoms with Gasteiger partial charge >= 0.3 is 0 Å². The van der Waals surface area contributed by atoms with E-state index in [1.165, 1.54) is 0 Å². The average Bonchev–Trinajstić information content (AvgIpc) is 2.65. The van der Waals surface area contributed by atoms with Crippen LogP contribution in [0.15, 0.2) is 36.4 Å². The van der Waals surface area contributed by atoms with Gasteiger partial charge in [0.15, 0.2) is 0 Å². The van der Waals surface area contributed by atoms with E-state index in [4.69, 9.17) is 15.2 Å². The molecule has 2 aromatic rings. The summed E-state index contributed by atoms with van der Waals surface area (Å²) in [6.45, 7) is 4.33. The summed E-state index contributed by atoms with van der Waals surface area (Å²) < 4.78 is 10.6. The Bertz CT molecular complexity index is 702. The largest absolute Gasteiger partial charge is 0.383 e. The maximum atomic E-state index is 12.3. The summed E-state index contributed by atoms with van der Waals surface area (Å²) >= 11 is 0. The Kier molecular flexibility index (Phi) is 8.05. The minimum absolute atomic E-state index is 0.205. The molecule has 3 N–H and O–H groups in total. The molecule has 26 heavy (non-hydrogen) atoms. The summed E-state index contributed by atoms with van der Waals surface area (Å²) in [6, 6.07) is 11.4. The summed E-state index contributed by atoms with van der Waals surface area (Å²) in [6.07, 6.45) is 2.21. The maximum Gasteiger partial charge on any atom is 0.255 e. The second-order valence-corrected chi connectivity index (χ2v) is 6.07. The zero-order chi connectivity index (χ0) is 18.8. The van der Waals surface area contributed by atoms with Gasteiger partial charge in [0.25, 0.3) is 5.91 Å². The van der Waals surface area contributed by atoms with Crippen molar-refractivity contribution in [3.8, 4) is 0 Å². The van der Waals surface area contributed by atoms with Crippen LogP contribution in [0, 0.1) is 0 Å². The minimum Gasteiger partial charge on any atom is -0.383 e. The van der Waals surface area contributed by atoms with Crippen molar-refractivity contribution < 1.29 is 14.3 Å². The van der Waals surface area contributed by atoms with Crippen LogP contribution in [-0.2, 0) is 29.2 Å². The molecule has 140 valence electrons. The zero-order valence-corrected chi connectivity index (χ0v) is 15.5. The van der Waals surface area contributed by atoms with E-state index >= 15 is 0 Å². The average molecular weight is 357 g/mol. The molecule has 0 aliphatic heterocycles. The summed E-state index contributed by atoms with van der Waals surface area (Å²) in [4.78, 5) is 16.5. The van der Waals surface area contributed by atoms with Crippen LogP contribution in [0.5, 0.6) is 0 Å². The molecular formula is C20H27N3O3. The van der Waals surface area contributed by atoms with E-state index in [9.17, 15) is 4.79 Å². The van der Waals surface area contributed by atoms with E-state index in [1.54, 1.807) is 19.2 Å². The summed E-state index contributed by atoms with van der Waals surface area (Å²) in [7, 11) is 1.58. The van der Waals surface area contributed by atoms with Crippen molar-refractivity contribution in [1.29, 1.82) is 0 Å². The number of nitrogens with one attached hydrogen (secondary N) is 1. The first-order valence-corrected chi connectivity index (χ1v) is 8.82. The quantitative estimate of drug-likeness (QED) is 0.638. The number of aromatic nitrogens is 1. The second-order valence-electron chi connectivity index (χ2n) is 6.07. The van der Waals surface area contributed by atoms with Crippen molar-refractivity contribution in [2.75, 3.05) is 19.5 Å². The second kappa shape index (κ2) is 10.5. The van der Waals surface area contributed by atoms with E-state index in [2.05, 4.69) is 17.2 Å². The smallest absolute Gasteiger partial charge is 0.255 e. The Morgan fingerprint density at radius 2 is 1.85 bits per heavy atom. The monoisotopic (exact) mass is 357 g/mol. The van der Waals surface area contributed by atoms with E-state index in [1.807, 2.05) is 24.3 Å². The van der Waals surface area contributed by atoms with Crippen molar-refractivity contribution >= 4 is 11.7 Å². The van der Waals surface area contributed by atoms with Gasteiger partial charge in [0.1, 0.15) is 5.82 Å². The number of ether oxygens (including phenoxy) is 2. The Morgan fingerprint density at radius 3 is 2.50 bits per heavy atom. The topological polar surface area (TPSA) is 86.5 Å². The molecule has 1 aromatic carbocycles. The number of nitrogen functional groups attached to an aromatic ring is 1. The van der Waals surface area contributed by atoms with Gasteiger partial charge in [-0.25, -0.2) is 4.98 Å². The van der Waals surface area contributed by atoms with Crippen LogP contribution in [0.25, 0.3) is 0 Å². The Balaban J connectivity index is 1.85. The molecule has 0 radical (unpaired) electrons. The highest BCUT2D eigenvalue weighted by atomic mass is 16.5. The van der Waals surface area contributed by atoms with Gasteiger partial charge in [0.2, 0.25) is 0 Å². The number of amides is 1. The van der Waals surface area contributed by atoms with Gasteiger partial charge in [-0.3, -0.25) is 4.79 Å². The number of nitrogens with two attached hydrogens (primary N) is 1. The standard InChI is InChI=1S/C20H27N3O3/c1-3-4-11-26-13-16-7-5-15(6-8-16)12-22-20(24)18-10-9-17(14-25-2)23-19(18)21/h5-10H,3-4,11-14H2,1-2H3,(H2,21,23)(H,22,24). The molecule has 0 aliphatic carbocycles. The van der Waals surface area contributed by atoms with Crippen molar-refractivity contribution in [3.05, 3.63) is 58.8 Å². The molecule has 6 nitrogen and oxygen atoms in total.